The highest BCUT2D eigenvalue weighted by atomic mass is 32.2. The highest BCUT2D eigenvalue weighted by molar-refractivity contribution is 7.89. The number of alkyl halides is 3. The largest absolute Gasteiger partial charge is 0.546 e. The normalized spacial score (nSPS) is 22.0. The number of carbonyl (C=O) groups excluding carboxylic acids is 1. The van der Waals surface area contributed by atoms with Gasteiger partial charge >= 0.3 is 6.18 Å². The number of β-amino-alcohol motifs (C(OH)–C–C–N with tert-alkyl or cyclic N) is 1. The number of fused-ring (bicyclic) bond motifs is 1. The molecule has 2 fully saturated rings. The van der Waals surface area contributed by atoms with Crippen LogP contribution in [0, 0.1) is 0 Å². The molecule has 1 aliphatic carbocycles. The predicted octanol–water partition coefficient (Wildman–Crippen LogP) is 6.48. The van der Waals surface area contributed by atoms with Gasteiger partial charge in [-0.05, 0) is 56.1 Å². The predicted molar refractivity (Wildman–Crippen MR) is 193 cm³/mol. The van der Waals surface area contributed by atoms with Crippen LogP contribution in [0.4, 0.5) is 13.2 Å². The van der Waals surface area contributed by atoms with Crippen LogP contribution in [-0.2, 0) is 23.9 Å². The van der Waals surface area contributed by atoms with Gasteiger partial charge in [0, 0.05) is 39.6 Å². The molecule has 0 radical (unpaired) electrons. The fourth-order valence-corrected chi connectivity index (χ4v) is 10.0. The Kier molecular flexibility index (Phi) is 10.6. The minimum Gasteiger partial charge on any atom is -0.546 e. The van der Waals surface area contributed by atoms with Crippen molar-refractivity contribution in [3.63, 3.8) is 0 Å². The van der Waals surface area contributed by atoms with E-state index in [2.05, 4.69) is 58.5 Å². The van der Waals surface area contributed by atoms with E-state index in [0.29, 0.717) is 42.7 Å². The first-order valence-corrected chi connectivity index (χ1v) is 25.6. The monoisotopic (exact) mass is 774 g/mol. The number of sulfonamides is 1. The first-order chi connectivity index (χ1) is 23.3. The zero-order valence-corrected chi connectivity index (χ0v) is 34.1. The highest BCUT2D eigenvalue weighted by Crippen LogP contribution is 2.45. The number of rotatable bonds is 12. The smallest absolute Gasteiger partial charge is 0.419 e. The van der Waals surface area contributed by atoms with Gasteiger partial charge in [-0.25, -0.2) is 13.4 Å². The van der Waals surface area contributed by atoms with E-state index in [0.717, 1.165) is 10.9 Å². The van der Waals surface area contributed by atoms with E-state index < -0.39 is 62.6 Å². The lowest BCUT2D eigenvalue weighted by molar-refractivity contribution is -0.253. The lowest BCUT2D eigenvalue weighted by Gasteiger charge is -2.45. The summed E-state index contributed by atoms with van der Waals surface area (Å²) in [6.07, 6.45) is -2.54. The third kappa shape index (κ3) is 7.71. The molecule has 1 amide bonds. The summed E-state index contributed by atoms with van der Waals surface area (Å²) in [4.78, 5) is 19.2. The Hall–Kier alpha value is -2.29. The topological polar surface area (TPSA) is 123 Å². The van der Waals surface area contributed by atoms with E-state index in [1.54, 1.807) is 13.0 Å². The second kappa shape index (κ2) is 13.5. The number of pyridine rings is 1. The third-order valence-electron chi connectivity index (χ3n) is 10.7. The number of imidazole rings is 1. The Morgan fingerprint density at radius 2 is 1.78 bits per heavy atom. The molecule has 1 atom stereocenters. The molecular weight excluding hydrogens is 722 g/mol. The maximum Gasteiger partial charge on any atom is 0.419 e. The molecule has 0 spiro atoms. The van der Waals surface area contributed by atoms with Gasteiger partial charge in [-0.3, -0.25) is 9.20 Å². The fourth-order valence-electron chi connectivity index (χ4n) is 6.29. The number of likely N-dealkylation sites (tertiary alicyclic amines) is 1. The third-order valence-corrected chi connectivity index (χ3v) is 18.8. The molecule has 2 aliphatic heterocycles. The van der Waals surface area contributed by atoms with Crippen LogP contribution in [0.3, 0.4) is 0 Å². The maximum absolute atomic E-state index is 15.0. The molecule has 1 N–H and O–H groups in total. The van der Waals surface area contributed by atoms with Crippen LogP contribution in [0.1, 0.15) is 69.7 Å². The van der Waals surface area contributed by atoms with Crippen molar-refractivity contribution in [2.45, 2.75) is 119 Å². The zero-order valence-electron chi connectivity index (χ0n) is 31.2. The van der Waals surface area contributed by atoms with Crippen molar-refractivity contribution in [3.05, 3.63) is 35.6 Å². The Morgan fingerprint density at radius 1 is 1.12 bits per heavy atom. The molecule has 11 nitrogen and oxygen atoms in total. The Morgan fingerprint density at radius 3 is 2.33 bits per heavy atom. The van der Waals surface area contributed by atoms with Crippen molar-refractivity contribution in [1.82, 2.24) is 18.6 Å². The Balaban J connectivity index is 1.69. The molecular formula is C34H53F3N4O7SSi2. The molecule has 51 heavy (non-hydrogen) atoms. The number of aliphatic hydroxyl groups is 1. The molecule has 4 heterocycles. The van der Waals surface area contributed by atoms with Crippen LogP contribution in [0.25, 0.3) is 11.1 Å². The lowest BCUT2D eigenvalue weighted by Crippen LogP contribution is -2.62. The lowest BCUT2D eigenvalue weighted by atomic mass is 10.0. The molecule has 0 saturated carbocycles. The van der Waals surface area contributed by atoms with Gasteiger partial charge in [-0.1, -0.05) is 40.4 Å². The number of allylic oxidation sites excluding steroid dienone is 2. The van der Waals surface area contributed by atoms with Crippen LogP contribution < -0.4 is 0 Å². The van der Waals surface area contributed by atoms with Crippen molar-refractivity contribution >= 4 is 43.4 Å². The van der Waals surface area contributed by atoms with Gasteiger partial charge < -0.3 is 23.9 Å². The summed E-state index contributed by atoms with van der Waals surface area (Å²) in [6, 6.07) is 3.89. The molecule has 3 aliphatic rings. The van der Waals surface area contributed by atoms with Crippen LogP contribution in [0.2, 0.25) is 43.8 Å². The number of halogens is 3. The number of hydrogen-bond donors (Lipinski definition) is 1. The van der Waals surface area contributed by atoms with E-state index in [1.165, 1.54) is 21.0 Å². The SMILES string of the molecule is CC1(N(COCC[Si](C)(C)C)S(=O)(=O)c2ccc3cnc(C(=O)N4CCC(O)(C(F)(F)F)C4)n3c2C2=C(O[Si](C)(C)C(C)(C)C)CCC2)COC1. The first kappa shape index (κ1) is 39.9. The van der Waals surface area contributed by atoms with Gasteiger partial charge in [0.05, 0.1) is 48.5 Å². The number of amides is 1. The number of nitrogens with zero attached hydrogens (tertiary/aromatic N) is 4. The van der Waals surface area contributed by atoms with E-state index in [4.69, 9.17) is 13.9 Å². The maximum atomic E-state index is 15.0. The summed E-state index contributed by atoms with van der Waals surface area (Å²) in [7, 11) is -8.27. The van der Waals surface area contributed by atoms with Crippen LogP contribution >= 0.6 is 0 Å². The van der Waals surface area contributed by atoms with Gasteiger partial charge in [-0.15, -0.1) is 0 Å². The van der Waals surface area contributed by atoms with Crippen molar-refractivity contribution in [3.8, 4) is 0 Å². The molecule has 17 heteroatoms. The average Bonchev–Trinajstić information content (AvgIpc) is 3.72. The van der Waals surface area contributed by atoms with E-state index in [-0.39, 0.29) is 47.9 Å². The molecule has 286 valence electrons. The van der Waals surface area contributed by atoms with Gasteiger partial charge in [-0.2, -0.15) is 17.5 Å². The molecule has 2 saturated heterocycles. The van der Waals surface area contributed by atoms with Crippen LogP contribution in [-0.4, -0.2) is 111 Å². The summed E-state index contributed by atoms with van der Waals surface area (Å²) in [6.45, 7) is 18.2. The average molecular weight is 775 g/mol. The minimum atomic E-state index is -4.93. The molecule has 0 bridgehead atoms. The van der Waals surface area contributed by atoms with Gasteiger partial charge in [0.1, 0.15) is 11.6 Å². The van der Waals surface area contributed by atoms with Crippen LogP contribution in [0.15, 0.2) is 29.0 Å². The van der Waals surface area contributed by atoms with Gasteiger partial charge in [0.2, 0.25) is 24.2 Å². The molecule has 0 aromatic carbocycles. The van der Waals surface area contributed by atoms with Crippen LogP contribution in [0.5, 0.6) is 0 Å². The fraction of sp³-hybridized carbons (Fsp3) is 0.706. The number of hydrogen-bond acceptors (Lipinski definition) is 8. The summed E-state index contributed by atoms with van der Waals surface area (Å²) in [5, 5.41) is 10.2. The summed E-state index contributed by atoms with van der Waals surface area (Å²) in [5.74, 6) is -0.450. The molecule has 1 unspecified atom stereocenters. The van der Waals surface area contributed by atoms with Crippen molar-refractivity contribution < 1.29 is 45.4 Å². The zero-order chi connectivity index (χ0) is 38.0. The molecule has 2 aromatic heterocycles. The second-order valence-corrected chi connectivity index (χ2v) is 29.4. The summed E-state index contributed by atoms with van der Waals surface area (Å²) < 4.78 is 92.5. The van der Waals surface area contributed by atoms with Crippen molar-refractivity contribution in [2.75, 3.05) is 39.6 Å². The summed E-state index contributed by atoms with van der Waals surface area (Å²) in [5.41, 5.74) is -2.76. The number of aromatic nitrogens is 2. The van der Waals surface area contributed by atoms with Gasteiger partial charge in [0.15, 0.2) is 5.60 Å². The van der Waals surface area contributed by atoms with Crippen molar-refractivity contribution in [1.29, 1.82) is 0 Å². The summed E-state index contributed by atoms with van der Waals surface area (Å²) >= 11 is 0. The second-order valence-electron chi connectivity index (χ2n) is 17.2. The number of carbonyl (C=O) groups is 1. The first-order valence-electron chi connectivity index (χ1n) is 17.5. The molecule has 2 aromatic rings. The van der Waals surface area contributed by atoms with E-state index >= 15 is 8.42 Å². The Labute approximate surface area is 301 Å². The highest BCUT2D eigenvalue weighted by Gasteiger charge is 2.58. The van der Waals surface area contributed by atoms with E-state index in [9.17, 15) is 23.1 Å². The Bertz CT molecular complexity index is 1800. The minimum absolute atomic E-state index is 0.0922. The molecule has 5 rings (SSSR count). The standard InChI is InChI=1S/C34H53F3N4O7SSi2/c1-31(2,3)51(8,9)48-26-12-10-11-25(26)28-27(49(44,45)40(32(4)21-47-22-32)23-46-17-18-50(5,6)7)14-13-24-19-38-29(41(24)28)30(42)39-16-15-33(43,20-39)34(35,36)37/h13-14,19,43H,10-12,15-18,20-23H2,1-9H3. The number of ether oxygens (including phenoxy) is 2. The van der Waals surface area contributed by atoms with Gasteiger partial charge in [0.25, 0.3) is 5.91 Å². The van der Waals surface area contributed by atoms with E-state index in [1.807, 2.05) is 0 Å². The quantitative estimate of drug-likeness (QED) is 0.148. The van der Waals surface area contributed by atoms with Crippen molar-refractivity contribution in [2.24, 2.45) is 0 Å².